The van der Waals surface area contributed by atoms with Crippen molar-refractivity contribution in [3.8, 4) is 0 Å². The zero-order chi connectivity index (χ0) is 47.0. The number of aromatic nitrogens is 2. The van der Waals surface area contributed by atoms with Gasteiger partial charge >= 0.3 is 0 Å². The number of ether oxygens (including phenoxy) is 3. The molecule has 0 bridgehead atoms. The number of likely N-dealkylation sites (N-methyl/N-ethyl adjacent to an activating group) is 1. The summed E-state index contributed by atoms with van der Waals surface area (Å²) in [5.74, 6) is -1.08. The Labute approximate surface area is 389 Å². The van der Waals surface area contributed by atoms with Gasteiger partial charge in [-0.3, -0.25) is 34.1 Å². The van der Waals surface area contributed by atoms with Crippen LogP contribution in [0.1, 0.15) is 88.1 Å². The minimum absolute atomic E-state index is 0.00379. The lowest BCUT2D eigenvalue weighted by molar-refractivity contribution is -0.136. The Hall–Kier alpha value is -5.57. The molecule has 3 heterocycles. The van der Waals surface area contributed by atoms with Gasteiger partial charge in [0.05, 0.1) is 62.9 Å². The van der Waals surface area contributed by atoms with Gasteiger partial charge in [0.1, 0.15) is 18.2 Å². The van der Waals surface area contributed by atoms with Crippen LogP contribution in [-0.4, -0.2) is 166 Å². The average molecular weight is 934 g/mol. The van der Waals surface area contributed by atoms with E-state index in [9.17, 15) is 33.9 Å². The van der Waals surface area contributed by atoms with Gasteiger partial charge in [-0.25, -0.2) is 9.97 Å². The predicted octanol–water partition coefficient (Wildman–Crippen LogP) is 2.05. The first-order valence-electron chi connectivity index (χ1n) is 22.4. The predicted molar refractivity (Wildman–Crippen MR) is 245 cm³/mol. The van der Waals surface area contributed by atoms with Gasteiger partial charge in [0.2, 0.25) is 23.6 Å². The van der Waals surface area contributed by atoms with Crippen LogP contribution in [0.3, 0.4) is 0 Å². The largest absolute Gasteiger partial charge is 0.387 e. The standard InChI is InChI=1S/C46H60ClN9O10/c1-30-26-37(58)42-40(30)43(52-29-51-42)55-16-18-56(19-17-55)45(62)34(31-6-8-33(47)9-7-31)27-48-13-12-38(59)50-15-21-65-23-25-66-24-22-64-20-14-49-35-5-3-4-32(28-57)41(35)46(63)54(2)36-10-11-39(60)53-44(36)61/h3-9,28-30,34,36-37,48-49,58H,10-27H2,1-2H3,(H,50,59)(H,53,60,61)/t30-,34-,36?,37-/m1/s1. The summed E-state index contributed by atoms with van der Waals surface area (Å²) in [7, 11) is 1.47. The van der Waals surface area contributed by atoms with E-state index in [1.54, 1.807) is 24.3 Å². The number of nitrogens with zero attached hydrogens (tertiary/aromatic N) is 5. The van der Waals surface area contributed by atoms with Crippen LogP contribution in [0, 0.1) is 0 Å². The SMILES string of the molecule is C[C@@H]1C[C@@H](O)c2ncnc(N3CCN(C(=O)[C@H](CNCCC(=O)NCCOCCOCCOCCNc4cccc(C=O)c4C(=O)N(C)C4CCC(=O)NC4=O)c4ccc(Cl)cc4)CC3)c21. The van der Waals surface area contributed by atoms with E-state index in [0.29, 0.717) is 115 Å². The zero-order valence-electron chi connectivity index (χ0n) is 37.5. The van der Waals surface area contributed by atoms with Gasteiger partial charge in [0.25, 0.3) is 5.91 Å². The fraction of sp³-hybridized carbons (Fsp3) is 0.522. The molecule has 20 heteroatoms. The average Bonchev–Trinajstić information content (AvgIpc) is 3.62. The number of halogens is 1. The highest BCUT2D eigenvalue weighted by Crippen LogP contribution is 2.43. The number of nitrogens with one attached hydrogen (secondary N) is 4. The molecule has 1 unspecified atom stereocenters. The zero-order valence-corrected chi connectivity index (χ0v) is 38.2. The molecule has 2 saturated heterocycles. The van der Waals surface area contributed by atoms with Crippen LogP contribution < -0.4 is 26.2 Å². The number of rotatable bonds is 24. The fourth-order valence-corrected chi connectivity index (χ4v) is 8.50. The lowest BCUT2D eigenvalue weighted by Crippen LogP contribution is -2.53. The summed E-state index contributed by atoms with van der Waals surface area (Å²) in [5.41, 5.74) is 3.25. The molecule has 19 nitrogen and oxygen atoms in total. The first kappa shape index (κ1) is 49.9. The van der Waals surface area contributed by atoms with Gasteiger partial charge in [-0.1, -0.05) is 42.8 Å². The molecule has 3 aromatic rings. The summed E-state index contributed by atoms with van der Waals surface area (Å²) in [6.45, 7) is 7.64. The number of amides is 5. The minimum Gasteiger partial charge on any atom is -0.387 e. The maximum atomic E-state index is 14.0. The highest BCUT2D eigenvalue weighted by molar-refractivity contribution is 6.30. The molecule has 2 fully saturated rings. The molecule has 3 aliphatic rings. The molecular formula is C46H60ClN9O10. The molecule has 5 amide bonds. The number of benzene rings is 2. The third kappa shape index (κ3) is 13.3. The number of piperazine rings is 1. The lowest BCUT2D eigenvalue weighted by atomic mass is 9.97. The third-order valence-electron chi connectivity index (χ3n) is 11.9. The Kier molecular flexibility index (Phi) is 18.7. The van der Waals surface area contributed by atoms with Crippen molar-refractivity contribution in [2.45, 2.75) is 56.6 Å². The topological polar surface area (TPSA) is 234 Å². The summed E-state index contributed by atoms with van der Waals surface area (Å²) in [6, 6.07) is 11.3. The maximum Gasteiger partial charge on any atom is 0.257 e. The van der Waals surface area contributed by atoms with Gasteiger partial charge in [0.15, 0.2) is 6.29 Å². The lowest BCUT2D eigenvalue weighted by Gasteiger charge is -2.38. The summed E-state index contributed by atoms with van der Waals surface area (Å²) >= 11 is 6.17. The van der Waals surface area contributed by atoms with Crippen LogP contribution in [0.4, 0.5) is 11.5 Å². The van der Waals surface area contributed by atoms with Gasteiger partial charge in [-0.15, -0.1) is 0 Å². The second kappa shape index (κ2) is 24.8. The van der Waals surface area contributed by atoms with Crippen molar-refractivity contribution >= 4 is 58.9 Å². The van der Waals surface area contributed by atoms with E-state index in [4.69, 9.17) is 25.8 Å². The Morgan fingerprint density at radius 1 is 0.955 bits per heavy atom. The molecular weight excluding hydrogens is 874 g/mol. The van der Waals surface area contributed by atoms with Crippen molar-refractivity contribution in [2.75, 3.05) is 109 Å². The van der Waals surface area contributed by atoms with E-state index in [2.05, 4.69) is 43.1 Å². The van der Waals surface area contributed by atoms with E-state index < -0.39 is 29.9 Å². The highest BCUT2D eigenvalue weighted by Gasteiger charge is 2.36. The molecule has 4 atom stereocenters. The maximum absolute atomic E-state index is 14.0. The van der Waals surface area contributed by atoms with Crippen LogP contribution >= 0.6 is 11.6 Å². The van der Waals surface area contributed by atoms with Crippen LogP contribution in [0.15, 0.2) is 48.8 Å². The Morgan fingerprint density at radius 3 is 2.35 bits per heavy atom. The highest BCUT2D eigenvalue weighted by atomic mass is 35.5. The number of hydrogen-bond donors (Lipinski definition) is 5. The van der Waals surface area contributed by atoms with Gasteiger partial charge < -0.3 is 50.0 Å². The Balaban J connectivity index is 0.811. The second-order valence-corrected chi connectivity index (χ2v) is 16.8. The van der Waals surface area contributed by atoms with Crippen molar-refractivity contribution in [1.82, 2.24) is 35.7 Å². The molecule has 2 aromatic carbocycles. The van der Waals surface area contributed by atoms with Crippen molar-refractivity contribution < 1.29 is 48.1 Å². The quantitative estimate of drug-likeness (QED) is 0.0492. The number of aliphatic hydroxyl groups is 1. The molecule has 0 radical (unpaired) electrons. The Morgan fingerprint density at radius 2 is 1.65 bits per heavy atom. The van der Waals surface area contributed by atoms with Crippen molar-refractivity contribution in [1.29, 1.82) is 0 Å². The summed E-state index contributed by atoms with van der Waals surface area (Å²) < 4.78 is 16.8. The van der Waals surface area contributed by atoms with Crippen molar-refractivity contribution in [2.24, 2.45) is 0 Å². The van der Waals surface area contributed by atoms with Gasteiger partial charge in [-0.2, -0.15) is 0 Å². The van der Waals surface area contributed by atoms with Crippen LogP contribution in [0.5, 0.6) is 0 Å². The normalized spacial score (nSPS) is 18.6. The van der Waals surface area contributed by atoms with Gasteiger partial charge in [0, 0.05) is 94.1 Å². The molecule has 6 rings (SSSR count). The molecule has 1 aromatic heterocycles. The number of piperidine rings is 1. The Bertz CT molecular complexity index is 2160. The van der Waals surface area contributed by atoms with Crippen LogP contribution in [0.25, 0.3) is 0 Å². The number of aliphatic hydroxyl groups excluding tert-OH is 1. The number of carbonyl (C=O) groups excluding carboxylic acids is 6. The monoisotopic (exact) mass is 933 g/mol. The first-order chi connectivity index (χ1) is 32.0. The summed E-state index contributed by atoms with van der Waals surface area (Å²) in [5, 5.41) is 22.6. The molecule has 0 saturated carbocycles. The molecule has 1 aliphatic carbocycles. The van der Waals surface area contributed by atoms with E-state index in [1.165, 1.54) is 24.3 Å². The molecule has 5 N–H and O–H groups in total. The van der Waals surface area contributed by atoms with Crippen molar-refractivity contribution in [3.05, 3.63) is 81.8 Å². The molecule has 66 heavy (non-hydrogen) atoms. The summed E-state index contributed by atoms with van der Waals surface area (Å²) in [6.07, 6.45) is 2.67. The first-order valence-corrected chi connectivity index (χ1v) is 22.8. The van der Waals surface area contributed by atoms with Gasteiger partial charge in [-0.05, 0) is 42.5 Å². The van der Waals surface area contributed by atoms with E-state index in [-0.39, 0.29) is 60.6 Å². The second-order valence-electron chi connectivity index (χ2n) is 16.4. The number of imide groups is 1. The number of carbonyl (C=O) groups is 6. The van der Waals surface area contributed by atoms with E-state index >= 15 is 0 Å². The molecule has 356 valence electrons. The third-order valence-corrected chi connectivity index (χ3v) is 12.2. The fourth-order valence-electron chi connectivity index (χ4n) is 8.38. The number of anilines is 2. The number of fused-ring (bicyclic) bond motifs is 1. The van der Waals surface area contributed by atoms with Crippen LogP contribution in [0.2, 0.25) is 5.02 Å². The minimum atomic E-state index is -0.829. The molecule has 0 spiro atoms. The van der Waals surface area contributed by atoms with Crippen LogP contribution in [-0.2, 0) is 33.4 Å². The summed E-state index contributed by atoms with van der Waals surface area (Å²) in [4.78, 5) is 89.8. The van der Waals surface area contributed by atoms with E-state index in [1.807, 2.05) is 17.0 Å². The molecule has 2 aliphatic heterocycles. The van der Waals surface area contributed by atoms with Crippen molar-refractivity contribution in [3.63, 3.8) is 0 Å². The van der Waals surface area contributed by atoms with E-state index in [0.717, 1.165) is 16.9 Å². The smallest absolute Gasteiger partial charge is 0.257 e. The number of hydrogen-bond acceptors (Lipinski definition) is 15. The number of aldehydes is 1.